The van der Waals surface area contributed by atoms with Crippen molar-refractivity contribution < 1.29 is 14.3 Å². The fourth-order valence-corrected chi connectivity index (χ4v) is 3.11. The number of carbonyl (C=O) groups excluding carboxylic acids is 2. The van der Waals surface area contributed by atoms with E-state index in [0.29, 0.717) is 16.1 Å². The molecule has 5 nitrogen and oxygen atoms in total. The molecule has 3 aromatic rings. The minimum absolute atomic E-state index is 0.232. The summed E-state index contributed by atoms with van der Waals surface area (Å²) in [4.78, 5) is 31.9. The number of carbonyl (C=O) groups is 2. The van der Waals surface area contributed by atoms with Gasteiger partial charge in [0.25, 0.3) is 0 Å². The van der Waals surface area contributed by atoms with Gasteiger partial charge in [0.2, 0.25) is 5.78 Å². The van der Waals surface area contributed by atoms with Crippen LogP contribution in [0.3, 0.4) is 0 Å². The van der Waals surface area contributed by atoms with Gasteiger partial charge in [-0.2, -0.15) is 0 Å². The van der Waals surface area contributed by atoms with Crippen LogP contribution < -0.4 is 0 Å². The zero-order valence-corrected chi connectivity index (χ0v) is 13.0. The molecule has 112 valence electrons. The first-order valence-electron chi connectivity index (χ1n) is 6.76. The fraction of sp³-hybridized carbons (Fsp3) is 0.188. The van der Waals surface area contributed by atoms with Crippen LogP contribution in [0.2, 0.25) is 0 Å². The van der Waals surface area contributed by atoms with Crippen molar-refractivity contribution in [2.45, 2.75) is 13.8 Å². The maximum absolute atomic E-state index is 12.2. The number of esters is 1. The van der Waals surface area contributed by atoms with Gasteiger partial charge in [-0.1, -0.05) is 18.2 Å². The summed E-state index contributed by atoms with van der Waals surface area (Å²) in [5, 5.41) is 1.63. The number of thiazole rings is 1. The molecule has 2 heterocycles. The summed E-state index contributed by atoms with van der Waals surface area (Å²) in [6.07, 6.45) is 1.64. The number of aromatic nitrogens is 2. The predicted octanol–water partition coefficient (Wildman–Crippen LogP) is 3.28. The average molecular weight is 314 g/mol. The molecule has 0 aliphatic carbocycles. The number of benzene rings is 1. The number of fused-ring (bicyclic) bond motifs is 1. The number of aryl methyl sites for hydroxylation is 2. The Morgan fingerprint density at radius 1 is 1.27 bits per heavy atom. The topological polar surface area (TPSA) is 72.0 Å². The molecule has 0 aliphatic rings. The van der Waals surface area contributed by atoms with E-state index in [1.807, 2.05) is 31.2 Å². The van der Waals surface area contributed by atoms with E-state index in [0.717, 1.165) is 15.9 Å². The minimum Gasteiger partial charge on any atom is -0.453 e. The Balaban J connectivity index is 1.72. The summed E-state index contributed by atoms with van der Waals surface area (Å²) in [6, 6.07) is 7.50. The molecular weight excluding hydrogens is 300 g/mol. The summed E-state index contributed by atoms with van der Waals surface area (Å²) in [6.45, 7) is 3.30. The first-order valence-corrected chi connectivity index (χ1v) is 7.58. The Morgan fingerprint density at radius 2 is 2.05 bits per heavy atom. The highest BCUT2D eigenvalue weighted by molar-refractivity contribution is 7.13. The lowest BCUT2D eigenvalue weighted by molar-refractivity contribution is 0.0479. The zero-order chi connectivity index (χ0) is 15.7. The van der Waals surface area contributed by atoms with Gasteiger partial charge in [0.15, 0.2) is 6.61 Å². The second kappa shape index (κ2) is 5.73. The standard InChI is InChI=1S/C16H14N2O3S/c1-9-15(22-10(2)18-9)16(20)21-8-14(19)12-7-17-13-6-4-3-5-11(12)13/h3-7,17H,8H2,1-2H3. The third-order valence-corrected chi connectivity index (χ3v) is 4.37. The number of ketones is 1. The van der Waals surface area contributed by atoms with E-state index in [9.17, 15) is 9.59 Å². The van der Waals surface area contributed by atoms with Gasteiger partial charge < -0.3 is 9.72 Å². The summed E-state index contributed by atoms with van der Waals surface area (Å²) >= 11 is 1.27. The van der Waals surface area contributed by atoms with Crippen LogP contribution in [0.15, 0.2) is 30.5 Å². The lowest BCUT2D eigenvalue weighted by Gasteiger charge is -2.02. The molecule has 0 fully saturated rings. The molecule has 0 unspecified atom stereocenters. The van der Waals surface area contributed by atoms with Crippen LogP contribution in [0.1, 0.15) is 30.7 Å². The van der Waals surface area contributed by atoms with Crippen LogP contribution in [0.4, 0.5) is 0 Å². The molecule has 0 spiro atoms. The molecule has 1 N–H and O–H groups in total. The van der Waals surface area contributed by atoms with Crippen LogP contribution in [0.5, 0.6) is 0 Å². The monoisotopic (exact) mass is 314 g/mol. The molecular formula is C16H14N2O3S. The van der Waals surface area contributed by atoms with E-state index in [1.54, 1.807) is 13.1 Å². The van der Waals surface area contributed by atoms with E-state index in [4.69, 9.17) is 4.74 Å². The van der Waals surface area contributed by atoms with Crippen molar-refractivity contribution in [1.82, 2.24) is 9.97 Å². The summed E-state index contributed by atoms with van der Waals surface area (Å²) < 4.78 is 5.12. The summed E-state index contributed by atoms with van der Waals surface area (Å²) in [7, 11) is 0. The number of para-hydroxylation sites is 1. The fourth-order valence-electron chi connectivity index (χ4n) is 2.30. The van der Waals surface area contributed by atoms with Crippen LogP contribution >= 0.6 is 11.3 Å². The minimum atomic E-state index is -0.503. The number of H-pyrrole nitrogens is 1. The maximum atomic E-state index is 12.2. The van der Waals surface area contributed by atoms with E-state index in [2.05, 4.69) is 9.97 Å². The molecule has 0 saturated carbocycles. The highest BCUT2D eigenvalue weighted by atomic mass is 32.1. The smallest absolute Gasteiger partial charge is 0.350 e. The number of rotatable bonds is 4. The highest BCUT2D eigenvalue weighted by Gasteiger charge is 2.18. The molecule has 0 amide bonds. The largest absolute Gasteiger partial charge is 0.453 e. The van der Waals surface area contributed by atoms with Crippen LogP contribution in [-0.2, 0) is 4.74 Å². The van der Waals surface area contributed by atoms with Crippen molar-refractivity contribution in [3.63, 3.8) is 0 Å². The number of hydrogen-bond acceptors (Lipinski definition) is 5. The molecule has 22 heavy (non-hydrogen) atoms. The van der Waals surface area contributed by atoms with Crippen LogP contribution in [-0.4, -0.2) is 28.3 Å². The third-order valence-electron chi connectivity index (χ3n) is 3.31. The van der Waals surface area contributed by atoms with Gasteiger partial charge in [-0.15, -0.1) is 11.3 Å². The van der Waals surface area contributed by atoms with Gasteiger partial charge in [0.1, 0.15) is 4.88 Å². The Morgan fingerprint density at radius 3 is 2.77 bits per heavy atom. The summed E-state index contributed by atoms with van der Waals surface area (Å²) in [5.41, 5.74) is 2.04. The van der Waals surface area contributed by atoms with E-state index in [-0.39, 0.29) is 12.4 Å². The Labute approximate surface area is 131 Å². The molecule has 1 aromatic carbocycles. The lowest BCUT2D eigenvalue weighted by Crippen LogP contribution is -2.14. The van der Waals surface area contributed by atoms with Crippen molar-refractivity contribution >= 4 is 34.0 Å². The average Bonchev–Trinajstić information content (AvgIpc) is 3.07. The molecule has 3 rings (SSSR count). The maximum Gasteiger partial charge on any atom is 0.350 e. The van der Waals surface area contributed by atoms with Gasteiger partial charge >= 0.3 is 5.97 Å². The van der Waals surface area contributed by atoms with Gasteiger partial charge in [0, 0.05) is 22.7 Å². The number of aromatic amines is 1. The number of nitrogens with one attached hydrogen (secondary N) is 1. The predicted molar refractivity (Wildman–Crippen MR) is 84.5 cm³/mol. The Hall–Kier alpha value is -2.47. The molecule has 0 bridgehead atoms. The van der Waals surface area contributed by atoms with Crippen molar-refractivity contribution in [2.24, 2.45) is 0 Å². The SMILES string of the molecule is Cc1nc(C)c(C(=O)OCC(=O)c2c[nH]c3ccccc23)s1. The first-order chi connectivity index (χ1) is 10.6. The van der Waals surface area contributed by atoms with Crippen molar-refractivity contribution in [3.8, 4) is 0 Å². The van der Waals surface area contributed by atoms with Gasteiger partial charge in [-0.3, -0.25) is 4.79 Å². The Bertz CT molecular complexity index is 863. The molecule has 0 saturated heterocycles. The number of ether oxygens (including phenoxy) is 1. The van der Waals surface area contributed by atoms with Gasteiger partial charge in [-0.25, -0.2) is 9.78 Å². The molecule has 6 heteroatoms. The highest BCUT2D eigenvalue weighted by Crippen LogP contribution is 2.20. The van der Waals surface area contributed by atoms with E-state index >= 15 is 0 Å². The number of nitrogens with zero attached hydrogens (tertiary/aromatic N) is 1. The van der Waals surface area contributed by atoms with E-state index in [1.165, 1.54) is 11.3 Å². The summed E-state index contributed by atoms with van der Waals surface area (Å²) in [5.74, 6) is -0.735. The number of hydrogen-bond donors (Lipinski definition) is 1. The van der Waals surface area contributed by atoms with E-state index < -0.39 is 5.97 Å². The van der Waals surface area contributed by atoms with Gasteiger partial charge in [-0.05, 0) is 19.9 Å². The molecule has 2 aromatic heterocycles. The third kappa shape index (κ3) is 2.65. The molecule has 0 atom stereocenters. The normalized spacial score (nSPS) is 10.8. The van der Waals surface area contributed by atoms with Crippen molar-refractivity contribution in [1.29, 1.82) is 0 Å². The van der Waals surface area contributed by atoms with Crippen molar-refractivity contribution in [3.05, 3.63) is 51.6 Å². The lowest BCUT2D eigenvalue weighted by atomic mass is 10.1. The first kappa shape index (κ1) is 14.5. The number of Topliss-reactive ketones (excluding diaryl/α,β-unsaturated/α-hetero) is 1. The zero-order valence-electron chi connectivity index (χ0n) is 12.2. The second-order valence-electron chi connectivity index (χ2n) is 4.89. The second-order valence-corrected chi connectivity index (χ2v) is 6.10. The van der Waals surface area contributed by atoms with Crippen LogP contribution in [0, 0.1) is 13.8 Å². The van der Waals surface area contributed by atoms with Crippen LogP contribution in [0.25, 0.3) is 10.9 Å². The van der Waals surface area contributed by atoms with Gasteiger partial charge in [0.05, 0.1) is 10.7 Å². The molecule has 0 aliphatic heterocycles. The quantitative estimate of drug-likeness (QED) is 0.592. The van der Waals surface area contributed by atoms with Crippen molar-refractivity contribution in [2.75, 3.05) is 6.61 Å². The molecule has 0 radical (unpaired) electrons. The Kier molecular flexibility index (Phi) is 3.77.